The summed E-state index contributed by atoms with van der Waals surface area (Å²) in [5.74, 6) is 0. The first-order valence-corrected chi connectivity index (χ1v) is 17.6. The van der Waals surface area contributed by atoms with Crippen molar-refractivity contribution < 1.29 is 0 Å². The second kappa shape index (κ2) is 9.68. The van der Waals surface area contributed by atoms with Crippen LogP contribution in [0.5, 0.6) is 0 Å². The molecule has 0 aromatic heterocycles. The Hall–Kier alpha value is -5.72. The van der Waals surface area contributed by atoms with Gasteiger partial charge in [0.05, 0.1) is 0 Å². The minimum atomic E-state index is -0.102. The number of fused-ring (bicyclic) bond motifs is 3. The fourth-order valence-electron chi connectivity index (χ4n) is 9.44. The lowest BCUT2D eigenvalue weighted by molar-refractivity contribution is 0.661. The van der Waals surface area contributed by atoms with Gasteiger partial charge in [0.15, 0.2) is 0 Å². The first-order valence-electron chi connectivity index (χ1n) is 17.6. The second-order valence-corrected chi connectivity index (χ2v) is 14.8. The zero-order valence-electron chi connectivity index (χ0n) is 27.8. The molecule has 0 spiro atoms. The van der Waals surface area contributed by atoms with E-state index in [1.54, 1.807) is 0 Å². The first-order chi connectivity index (χ1) is 24.0. The van der Waals surface area contributed by atoms with E-state index in [0.717, 1.165) is 12.8 Å². The van der Waals surface area contributed by atoms with Crippen molar-refractivity contribution in [2.75, 3.05) is 0 Å². The van der Waals surface area contributed by atoms with Crippen LogP contribution in [0.25, 0.3) is 87.6 Å². The van der Waals surface area contributed by atoms with Crippen molar-refractivity contribution in [2.45, 2.75) is 32.1 Å². The molecule has 0 amide bonds. The maximum absolute atomic E-state index is 2.47. The largest absolute Gasteiger partial charge is 0.0613 e. The van der Waals surface area contributed by atoms with Crippen LogP contribution in [0.15, 0.2) is 146 Å². The molecule has 0 N–H and O–H groups in total. The average Bonchev–Trinajstić information content (AvgIpc) is 3.67. The highest BCUT2D eigenvalue weighted by atomic mass is 14.4. The molecule has 0 nitrogen and oxygen atoms in total. The predicted octanol–water partition coefficient (Wildman–Crippen LogP) is 13.1. The molecular formula is C49H34. The van der Waals surface area contributed by atoms with Gasteiger partial charge in [0.25, 0.3) is 0 Å². The monoisotopic (exact) mass is 622 g/mol. The Morgan fingerprint density at radius 1 is 0.367 bits per heavy atom. The van der Waals surface area contributed by atoms with Gasteiger partial charge in [0, 0.05) is 5.41 Å². The third kappa shape index (κ3) is 3.75. The molecule has 0 saturated heterocycles. The summed E-state index contributed by atoms with van der Waals surface area (Å²) in [6.07, 6.45) is 2.32. The highest BCUT2D eigenvalue weighted by molar-refractivity contribution is 6.25. The lowest BCUT2D eigenvalue weighted by Crippen LogP contribution is -2.15. The van der Waals surface area contributed by atoms with E-state index >= 15 is 0 Å². The number of hydrogen-bond donors (Lipinski definition) is 0. The highest BCUT2D eigenvalue weighted by Gasteiger charge is 2.36. The van der Waals surface area contributed by atoms with Crippen molar-refractivity contribution in [3.8, 4) is 44.5 Å². The van der Waals surface area contributed by atoms with Crippen LogP contribution in [0.1, 0.15) is 36.1 Å². The van der Waals surface area contributed by atoms with E-state index in [0.29, 0.717) is 0 Å². The van der Waals surface area contributed by atoms with Crippen LogP contribution in [0.3, 0.4) is 0 Å². The van der Waals surface area contributed by atoms with Crippen LogP contribution >= 0.6 is 0 Å². The van der Waals surface area contributed by atoms with Gasteiger partial charge in [-0.25, -0.2) is 0 Å². The molecule has 9 aromatic carbocycles. The summed E-state index contributed by atoms with van der Waals surface area (Å²) in [7, 11) is 0. The van der Waals surface area contributed by atoms with Gasteiger partial charge >= 0.3 is 0 Å². The van der Waals surface area contributed by atoms with Crippen LogP contribution in [0.4, 0.5) is 0 Å². The molecular weight excluding hydrogens is 589 g/mol. The SMILES string of the molecule is CC1(C)c2cc(-c3cccc(-c4ccc5ccc6cccc7ccc4c5c67)c3)ccc2-c2ccc(-c3ccc4c5c(cccc35)CC4)cc21. The van der Waals surface area contributed by atoms with Crippen molar-refractivity contribution in [1.29, 1.82) is 0 Å². The minimum absolute atomic E-state index is 0.102. The van der Waals surface area contributed by atoms with Crippen LogP contribution in [0.2, 0.25) is 0 Å². The molecule has 0 heteroatoms. The smallest absolute Gasteiger partial charge is 0.0159 e. The summed E-state index contributed by atoms with van der Waals surface area (Å²) in [5, 5.41) is 10.8. The second-order valence-electron chi connectivity index (χ2n) is 14.8. The summed E-state index contributed by atoms with van der Waals surface area (Å²) in [5.41, 5.74) is 16.2. The molecule has 11 rings (SSSR count). The zero-order chi connectivity index (χ0) is 32.4. The predicted molar refractivity (Wildman–Crippen MR) is 209 cm³/mol. The Morgan fingerprint density at radius 3 is 1.67 bits per heavy atom. The molecule has 2 aliphatic carbocycles. The van der Waals surface area contributed by atoms with Gasteiger partial charge in [-0.3, -0.25) is 0 Å². The van der Waals surface area contributed by atoms with Gasteiger partial charge in [0.1, 0.15) is 0 Å². The molecule has 0 unspecified atom stereocenters. The van der Waals surface area contributed by atoms with Gasteiger partial charge in [-0.1, -0.05) is 141 Å². The lowest BCUT2D eigenvalue weighted by atomic mass is 9.80. The zero-order valence-corrected chi connectivity index (χ0v) is 27.8. The Bertz CT molecular complexity index is 2820. The third-order valence-corrected chi connectivity index (χ3v) is 11.9. The highest BCUT2D eigenvalue weighted by Crippen LogP contribution is 2.51. The molecule has 0 saturated carbocycles. The summed E-state index contributed by atoms with van der Waals surface area (Å²) in [6, 6.07) is 55.4. The molecule has 0 bridgehead atoms. The third-order valence-electron chi connectivity index (χ3n) is 11.9. The fourth-order valence-corrected chi connectivity index (χ4v) is 9.44. The Balaban J connectivity index is 1.00. The molecule has 9 aromatic rings. The quantitative estimate of drug-likeness (QED) is 0.172. The van der Waals surface area contributed by atoms with Crippen molar-refractivity contribution in [3.05, 3.63) is 168 Å². The topological polar surface area (TPSA) is 0 Å². The molecule has 0 aliphatic heterocycles. The van der Waals surface area contributed by atoms with Crippen LogP contribution in [0, 0.1) is 0 Å². The first kappa shape index (κ1) is 27.3. The molecule has 0 radical (unpaired) electrons. The van der Waals surface area contributed by atoms with E-state index in [4.69, 9.17) is 0 Å². The molecule has 230 valence electrons. The van der Waals surface area contributed by atoms with Crippen molar-refractivity contribution in [2.24, 2.45) is 0 Å². The maximum Gasteiger partial charge on any atom is 0.0159 e. The average molecular weight is 623 g/mol. The summed E-state index contributed by atoms with van der Waals surface area (Å²) in [6.45, 7) is 4.81. The number of benzene rings is 9. The molecule has 0 atom stereocenters. The normalized spacial score (nSPS) is 14.3. The van der Waals surface area contributed by atoms with E-state index < -0.39 is 0 Å². The Labute approximate surface area is 286 Å². The molecule has 49 heavy (non-hydrogen) atoms. The minimum Gasteiger partial charge on any atom is -0.0613 e. The van der Waals surface area contributed by atoms with E-state index in [1.165, 1.54) is 110 Å². The number of aryl methyl sites for hydroxylation is 2. The van der Waals surface area contributed by atoms with Crippen LogP contribution in [-0.4, -0.2) is 0 Å². The summed E-state index contributed by atoms with van der Waals surface area (Å²) < 4.78 is 0. The van der Waals surface area contributed by atoms with Crippen molar-refractivity contribution >= 4 is 43.1 Å². The van der Waals surface area contributed by atoms with Gasteiger partial charge < -0.3 is 0 Å². The summed E-state index contributed by atoms with van der Waals surface area (Å²) >= 11 is 0. The molecule has 2 aliphatic rings. The maximum atomic E-state index is 2.47. The van der Waals surface area contributed by atoms with E-state index in [9.17, 15) is 0 Å². The standard InChI is InChI=1S/C49H34/c1-49(2)44-27-35(19-23-40(44)41-24-20-37(28-45(41)49)39-21-16-32-14-12-29-8-5-11-42(39)46(29)32)34-9-4-10-36(26-34)38-22-17-33-15-13-30-6-3-7-31-18-25-43(38)48(33)47(30)31/h3-11,13,15-28H,12,14H2,1-2H3. The van der Waals surface area contributed by atoms with Gasteiger partial charge in [-0.15, -0.1) is 0 Å². The van der Waals surface area contributed by atoms with Crippen LogP contribution < -0.4 is 0 Å². The summed E-state index contributed by atoms with van der Waals surface area (Å²) in [4.78, 5) is 0. The van der Waals surface area contributed by atoms with Crippen molar-refractivity contribution in [1.82, 2.24) is 0 Å². The van der Waals surface area contributed by atoms with E-state index in [2.05, 4.69) is 159 Å². The number of rotatable bonds is 3. The van der Waals surface area contributed by atoms with Crippen LogP contribution in [-0.2, 0) is 18.3 Å². The number of hydrogen-bond acceptors (Lipinski definition) is 0. The molecule has 0 fully saturated rings. The fraction of sp³-hybridized carbons (Fsp3) is 0.102. The Morgan fingerprint density at radius 2 is 0.878 bits per heavy atom. The van der Waals surface area contributed by atoms with Crippen molar-refractivity contribution in [3.63, 3.8) is 0 Å². The van der Waals surface area contributed by atoms with E-state index in [1.807, 2.05) is 0 Å². The van der Waals surface area contributed by atoms with Gasteiger partial charge in [-0.05, 0) is 141 Å². The molecule has 0 heterocycles. The Kier molecular flexibility index (Phi) is 5.38. The van der Waals surface area contributed by atoms with E-state index in [-0.39, 0.29) is 5.41 Å². The lowest BCUT2D eigenvalue weighted by Gasteiger charge is -2.23. The van der Waals surface area contributed by atoms with Gasteiger partial charge in [-0.2, -0.15) is 0 Å². The van der Waals surface area contributed by atoms with Gasteiger partial charge in [0.2, 0.25) is 0 Å².